The zero-order chi connectivity index (χ0) is 12.8. The number of carbonyl (C=O) groups is 3. The summed E-state index contributed by atoms with van der Waals surface area (Å²) in [6.07, 6.45) is 4.24. The Labute approximate surface area is 101 Å². The number of amides is 2. The van der Waals surface area contributed by atoms with Crippen molar-refractivity contribution in [1.29, 1.82) is 0 Å². The number of hydrogen-bond acceptors (Lipinski definition) is 4. The zero-order valence-electron chi connectivity index (χ0n) is 10.1. The van der Waals surface area contributed by atoms with Gasteiger partial charge in [-0.05, 0) is 6.42 Å². The first-order valence-corrected chi connectivity index (χ1v) is 6.13. The molecule has 0 saturated carbocycles. The maximum absolute atomic E-state index is 11.4. The van der Waals surface area contributed by atoms with Gasteiger partial charge in [0.1, 0.15) is 0 Å². The number of imide groups is 1. The molecule has 5 nitrogen and oxygen atoms in total. The molecule has 1 saturated heterocycles. The number of nitrogens with zero attached hydrogens (tertiary/aromatic N) is 1. The van der Waals surface area contributed by atoms with Crippen molar-refractivity contribution in [3.8, 4) is 0 Å². The second-order valence-electron chi connectivity index (χ2n) is 4.34. The van der Waals surface area contributed by atoms with Crippen LogP contribution in [0, 0.1) is 0 Å². The monoisotopic (exact) mass is 240 g/mol. The minimum Gasteiger partial charge on any atom is -0.548 e. The summed E-state index contributed by atoms with van der Waals surface area (Å²) in [4.78, 5) is 34.7. The van der Waals surface area contributed by atoms with E-state index in [9.17, 15) is 19.5 Å². The Morgan fingerprint density at radius 1 is 1.24 bits per heavy atom. The Balaban J connectivity index is 2.56. The van der Waals surface area contributed by atoms with Crippen molar-refractivity contribution < 1.29 is 19.5 Å². The van der Waals surface area contributed by atoms with Crippen LogP contribution in [0.3, 0.4) is 0 Å². The van der Waals surface area contributed by atoms with Crippen LogP contribution in [-0.4, -0.2) is 28.7 Å². The Hall–Kier alpha value is -1.39. The van der Waals surface area contributed by atoms with Crippen LogP contribution in [-0.2, 0) is 14.4 Å². The molecule has 0 radical (unpaired) electrons. The van der Waals surface area contributed by atoms with Crippen LogP contribution in [0.5, 0.6) is 0 Å². The van der Waals surface area contributed by atoms with E-state index in [1.54, 1.807) is 0 Å². The summed E-state index contributed by atoms with van der Waals surface area (Å²) in [5.41, 5.74) is 0. The lowest BCUT2D eigenvalue weighted by atomic mass is 10.1. The summed E-state index contributed by atoms with van der Waals surface area (Å²) in [6.45, 7) is 2.06. The van der Waals surface area contributed by atoms with Crippen molar-refractivity contribution in [2.24, 2.45) is 0 Å². The fourth-order valence-electron chi connectivity index (χ4n) is 2.06. The Morgan fingerprint density at radius 2 is 1.82 bits per heavy atom. The topological polar surface area (TPSA) is 77.5 Å². The van der Waals surface area contributed by atoms with E-state index in [0.717, 1.165) is 24.2 Å². The SMILES string of the molecule is CCCCCCC(C(=O)[O-])N1C(=O)CCC1=O. The molecule has 17 heavy (non-hydrogen) atoms. The van der Waals surface area contributed by atoms with Gasteiger partial charge in [0.05, 0.1) is 12.0 Å². The van der Waals surface area contributed by atoms with Crippen molar-refractivity contribution >= 4 is 17.8 Å². The lowest BCUT2D eigenvalue weighted by Gasteiger charge is -2.26. The second-order valence-corrected chi connectivity index (χ2v) is 4.34. The summed E-state index contributed by atoms with van der Waals surface area (Å²) >= 11 is 0. The van der Waals surface area contributed by atoms with Crippen molar-refractivity contribution in [2.45, 2.75) is 57.9 Å². The number of carboxylic acids is 1. The molecule has 96 valence electrons. The van der Waals surface area contributed by atoms with E-state index >= 15 is 0 Å². The van der Waals surface area contributed by atoms with Gasteiger partial charge >= 0.3 is 0 Å². The number of unbranched alkanes of at least 4 members (excludes halogenated alkanes) is 3. The molecule has 2 amide bonds. The van der Waals surface area contributed by atoms with Crippen LogP contribution in [0.25, 0.3) is 0 Å². The predicted molar refractivity (Wildman–Crippen MR) is 58.6 cm³/mol. The molecule has 1 aliphatic rings. The van der Waals surface area contributed by atoms with Crippen molar-refractivity contribution in [2.75, 3.05) is 0 Å². The van der Waals surface area contributed by atoms with Crippen LogP contribution in [0.15, 0.2) is 0 Å². The van der Waals surface area contributed by atoms with E-state index in [0.29, 0.717) is 12.8 Å². The highest BCUT2D eigenvalue weighted by atomic mass is 16.4. The summed E-state index contributed by atoms with van der Waals surface area (Å²) in [5, 5.41) is 11.0. The molecule has 0 spiro atoms. The maximum Gasteiger partial charge on any atom is 0.230 e. The molecular formula is C12H18NO4-. The van der Waals surface area contributed by atoms with Crippen molar-refractivity contribution in [3.63, 3.8) is 0 Å². The molecule has 1 heterocycles. The van der Waals surface area contributed by atoms with Gasteiger partial charge in [0, 0.05) is 12.8 Å². The standard InChI is InChI=1S/C12H19NO4/c1-2-3-4-5-6-9(12(16)17)13-10(14)7-8-11(13)15/h9H,2-8H2,1H3,(H,16,17)/p-1. The molecule has 0 aromatic heterocycles. The van der Waals surface area contributed by atoms with Crippen LogP contribution in [0.4, 0.5) is 0 Å². The zero-order valence-corrected chi connectivity index (χ0v) is 10.1. The van der Waals surface area contributed by atoms with Gasteiger partial charge in [-0.25, -0.2) is 0 Å². The highest BCUT2D eigenvalue weighted by Crippen LogP contribution is 2.19. The smallest absolute Gasteiger partial charge is 0.230 e. The average Bonchev–Trinajstić information content (AvgIpc) is 2.59. The first-order chi connectivity index (χ1) is 8.07. The molecule has 1 aliphatic heterocycles. The Morgan fingerprint density at radius 3 is 2.29 bits per heavy atom. The molecule has 5 heteroatoms. The van der Waals surface area contributed by atoms with Crippen molar-refractivity contribution in [1.82, 2.24) is 4.90 Å². The van der Waals surface area contributed by atoms with Gasteiger partial charge in [-0.3, -0.25) is 14.5 Å². The largest absolute Gasteiger partial charge is 0.548 e. The number of rotatable bonds is 7. The number of aliphatic carboxylic acids is 1. The third kappa shape index (κ3) is 3.54. The number of likely N-dealkylation sites (tertiary alicyclic amines) is 1. The molecule has 1 unspecified atom stereocenters. The minimum atomic E-state index is -1.33. The highest BCUT2D eigenvalue weighted by molar-refractivity contribution is 6.04. The summed E-state index contributed by atoms with van der Waals surface area (Å²) in [6, 6.07) is -1.07. The normalized spacial score (nSPS) is 17.6. The molecular weight excluding hydrogens is 222 g/mol. The third-order valence-electron chi connectivity index (χ3n) is 3.00. The van der Waals surface area contributed by atoms with E-state index in [1.807, 2.05) is 0 Å². The molecule has 0 aromatic rings. The predicted octanol–water partition coefficient (Wildman–Crippen LogP) is 0.224. The first kappa shape index (κ1) is 13.7. The number of carbonyl (C=O) groups excluding carboxylic acids is 3. The fraction of sp³-hybridized carbons (Fsp3) is 0.750. The number of carboxylic acid groups (broad SMARTS) is 1. The Bertz CT molecular complexity index is 298. The van der Waals surface area contributed by atoms with Crippen LogP contribution in [0.1, 0.15) is 51.9 Å². The van der Waals surface area contributed by atoms with E-state index in [4.69, 9.17) is 0 Å². The molecule has 0 aromatic carbocycles. The van der Waals surface area contributed by atoms with Gasteiger partial charge in [-0.1, -0.05) is 32.6 Å². The molecule has 1 fully saturated rings. The molecule has 1 rings (SSSR count). The summed E-state index contributed by atoms with van der Waals surface area (Å²) in [5.74, 6) is -2.11. The van der Waals surface area contributed by atoms with Gasteiger partial charge in [0.25, 0.3) is 0 Å². The lowest BCUT2D eigenvalue weighted by Crippen LogP contribution is -2.50. The molecule has 0 aliphatic carbocycles. The van der Waals surface area contributed by atoms with E-state index in [1.165, 1.54) is 0 Å². The summed E-state index contributed by atoms with van der Waals surface area (Å²) in [7, 11) is 0. The van der Waals surface area contributed by atoms with Crippen LogP contribution < -0.4 is 5.11 Å². The molecule has 0 N–H and O–H groups in total. The molecule has 0 bridgehead atoms. The summed E-state index contributed by atoms with van der Waals surface area (Å²) < 4.78 is 0. The van der Waals surface area contributed by atoms with Crippen LogP contribution in [0.2, 0.25) is 0 Å². The Kier molecular flexibility index (Phi) is 5.12. The molecule has 1 atom stereocenters. The average molecular weight is 240 g/mol. The lowest BCUT2D eigenvalue weighted by molar-refractivity contribution is -0.311. The van der Waals surface area contributed by atoms with Gasteiger partial charge in [-0.2, -0.15) is 0 Å². The van der Waals surface area contributed by atoms with Crippen molar-refractivity contribution in [3.05, 3.63) is 0 Å². The van der Waals surface area contributed by atoms with Gasteiger partial charge in [-0.15, -0.1) is 0 Å². The van der Waals surface area contributed by atoms with E-state index in [2.05, 4.69) is 6.92 Å². The first-order valence-electron chi connectivity index (χ1n) is 6.13. The van der Waals surface area contributed by atoms with E-state index in [-0.39, 0.29) is 24.7 Å². The third-order valence-corrected chi connectivity index (χ3v) is 3.00. The van der Waals surface area contributed by atoms with Gasteiger partial charge in [0.15, 0.2) is 0 Å². The van der Waals surface area contributed by atoms with E-state index < -0.39 is 12.0 Å². The highest BCUT2D eigenvalue weighted by Gasteiger charge is 2.35. The number of hydrogen-bond donors (Lipinski definition) is 0. The second kappa shape index (κ2) is 6.37. The quantitative estimate of drug-likeness (QED) is 0.471. The fourth-order valence-corrected chi connectivity index (χ4v) is 2.06. The van der Waals surface area contributed by atoms with Gasteiger partial charge < -0.3 is 9.90 Å². The minimum absolute atomic E-state index is 0.123. The van der Waals surface area contributed by atoms with Crippen LogP contribution >= 0.6 is 0 Å². The van der Waals surface area contributed by atoms with Gasteiger partial charge in [0.2, 0.25) is 11.8 Å². The maximum atomic E-state index is 11.4.